The highest BCUT2D eigenvalue weighted by molar-refractivity contribution is 5.81. The van der Waals surface area contributed by atoms with Gasteiger partial charge in [0.2, 0.25) is 5.54 Å². The molecular weight excluding hydrogens is 647 g/mol. The number of amides is 2. The molecule has 258 valence electrons. The van der Waals surface area contributed by atoms with Crippen molar-refractivity contribution in [3.63, 3.8) is 0 Å². The highest BCUT2D eigenvalue weighted by Gasteiger charge is 2.60. The first-order chi connectivity index (χ1) is 21.7. The maximum absolute atomic E-state index is 14.1. The lowest BCUT2D eigenvalue weighted by atomic mass is 9.71. The van der Waals surface area contributed by atoms with Crippen LogP contribution in [-0.2, 0) is 31.4 Å². The van der Waals surface area contributed by atoms with E-state index in [-0.39, 0.29) is 17.2 Å². The fourth-order valence-corrected chi connectivity index (χ4v) is 5.84. The van der Waals surface area contributed by atoms with E-state index in [1.165, 1.54) is 19.9 Å². The zero-order chi connectivity index (χ0) is 35.6. The number of aryl methyl sites for hydroxylation is 1. The molecule has 1 unspecified atom stereocenters. The Kier molecular flexibility index (Phi) is 10.8. The van der Waals surface area contributed by atoms with Crippen molar-refractivity contribution in [2.75, 3.05) is 27.8 Å². The summed E-state index contributed by atoms with van der Waals surface area (Å²) in [4.78, 5) is 53.1. The smallest absolute Gasteiger partial charge is 0.416 e. The molecule has 2 amide bonds. The van der Waals surface area contributed by atoms with Gasteiger partial charge in [0.1, 0.15) is 11.7 Å². The Morgan fingerprint density at radius 2 is 1.62 bits per heavy atom. The van der Waals surface area contributed by atoms with E-state index in [9.17, 15) is 55.2 Å². The number of nitro groups is 1. The number of carbonyl (C=O) groups is 3. The van der Waals surface area contributed by atoms with Crippen LogP contribution in [0.3, 0.4) is 0 Å². The third kappa shape index (κ3) is 7.76. The summed E-state index contributed by atoms with van der Waals surface area (Å²) in [6.07, 6.45) is -12.1. The zero-order valence-corrected chi connectivity index (χ0v) is 25.9. The van der Waals surface area contributed by atoms with Crippen LogP contribution in [0.2, 0.25) is 0 Å². The van der Waals surface area contributed by atoms with E-state index < -0.39 is 107 Å². The molecule has 2 aromatic rings. The van der Waals surface area contributed by atoms with Crippen LogP contribution in [0.5, 0.6) is 0 Å². The second kappa shape index (κ2) is 13.7. The Balaban J connectivity index is 2.13. The van der Waals surface area contributed by atoms with Gasteiger partial charge in [-0.3, -0.25) is 19.7 Å². The van der Waals surface area contributed by atoms with E-state index in [0.717, 1.165) is 43.2 Å². The molecule has 0 spiro atoms. The van der Waals surface area contributed by atoms with Gasteiger partial charge in [0.15, 0.2) is 0 Å². The SMILES string of the molecule is COC(=O)CC(C(=O)OC)[C@]1([N+](=O)[O-])CCN(C(=O)N(C)[C@H](C)c2cc(C(F)(F)F)cc(C(F)(F)F)c2)[C@@H](c2ccc(F)cc2C)C1. The number of carbonyl (C=O) groups excluding carboxylic acids is 3. The lowest BCUT2D eigenvalue weighted by Gasteiger charge is -2.46. The highest BCUT2D eigenvalue weighted by Crippen LogP contribution is 2.46. The predicted octanol–water partition coefficient (Wildman–Crippen LogP) is 6.49. The molecule has 1 aliphatic rings. The average Bonchev–Trinajstić information content (AvgIpc) is 3.00. The number of methoxy groups -OCH3 is 2. The summed E-state index contributed by atoms with van der Waals surface area (Å²) < 4.78 is 105. The largest absolute Gasteiger partial charge is 0.469 e. The molecule has 10 nitrogen and oxygen atoms in total. The van der Waals surface area contributed by atoms with E-state index in [1.54, 1.807) is 0 Å². The monoisotopic (exact) mass is 679 g/mol. The fraction of sp³-hybridized carbons (Fsp3) is 0.500. The molecule has 47 heavy (non-hydrogen) atoms. The Bertz CT molecular complexity index is 1500. The first kappa shape index (κ1) is 37.0. The van der Waals surface area contributed by atoms with Crippen molar-refractivity contribution in [2.24, 2.45) is 5.92 Å². The molecule has 0 aromatic heterocycles. The van der Waals surface area contributed by atoms with E-state index in [0.29, 0.717) is 12.1 Å². The van der Waals surface area contributed by atoms with Crippen molar-refractivity contribution in [2.45, 2.75) is 63.1 Å². The number of ether oxygens (including phenoxy) is 2. The van der Waals surface area contributed by atoms with E-state index in [1.807, 2.05) is 0 Å². The maximum atomic E-state index is 14.1. The quantitative estimate of drug-likeness (QED) is 0.135. The topological polar surface area (TPSA) is 119 Å². The number of alkyl halides is 6. The number of hydrogen-bond acceptors (Lipinski definition) is 7. The minimum absolute atomic E-state index is 0.0424. The standard InChI is InChI=1S/C30H32F7N3O7/c1-16-10-21(31)6-7-22(16)24-15-28(40(44)45,23(26(42)47-5)14-25(41)46-4)8-9-39(24)27(43)38(3)17(2)18-11-19(29(32,33)34)13-20(12-18)30(35,36)37/h6-7,10-13,17,23-24H,8-9,14-15H2,1-5H3/t17-,23?,24-,28+/m1/s1. The van der Waals surface area contributed by atoms with Crippen molar-refractivity contribution in [1.29, 1.82) is 0 Å². The molecule has 0 bridgehead atoms. The van der Waals surface area contributed by atoms with Crippen LogP contribution in [0.25, 0.3) is 0 Å². The number of urea groups is 1. The second-order valence-electron chi connectivity index (χ2n) is 11.3. The number of rotatable bonds is 8. The maximum Gasteiger partial charge on any atom is 0.416 e. The van der Waals surface area contributed by atoms with Gasteiger partial charge >= 0.3 is 30.3 Å². The summed E-state index contributed by atoms with van der Waals surface area (Å²) in [5, 5.41) is 12.7. The van der Waals surface area contributed by atoms with Gasteiger partial charge in [-0.1, -0.05) is 6.07 Å². The van der Waals surface area contributed by atoms with Crippen LogP contribution in [-0.4, -0.2) is 66.0 Å². The summed E-state index contributed by atoms with van der Waals surface area (Å²) in [5.41, 5.74) is -5.40. The molecule has 1 heterocycles. The van der Waals surface area contributed by atoms with E-state index >= 15 is 0 Å². The van der Waals surface area contributed by atoms with Crippen LogP contribution < -0.4 is 0 Å². The van der Waals surface area contributed by atoms with Crippen molar-refractivity contribution < 1.29 is 59.5 Å². The summed E-state index contributed by atoms with van der Waals surface area (Å²) in [7, 11) is 3.12. The lowest BCUT2D eigenvalue weighted by molar-refractivity contribution is -0.585. The molecule has 4 atom stereocenters. The Hall–Kier alpha value is -4.44. The molecule has 0 saturated carbocycles. The average molecular weight is 680 g/mol. The van der Waals surface area contributed by atoms with Crippen LogP contribution in [0.15, 0.2) is 36.4 Å². The summed E-state index contributed by atoms with van der Waals surface area (Å²) in [6.45, 7) is 2.22. The molecule has 3 rings (SSSR count). The van der Waals surface area contributed by atoms with Gasteiger partial charge in [0.05, 0.1) is 43.9 Å². The first-order valence-corrected chi connectivity index (χ1v) is 14.1. The highest BCUT2D eigenvalue weighted by atomic mass is 19.4. The molecule has 1 fully saturated rings. The van der Waals surface area contributed by atoms with Gasteiger partial charge in [0.25, 0.3) is 0 Å². The Morgan fingerprint density at radius 1 is 1.04 bits per heavy atom. The zero-order valence-electron chi connectivity index (χ0n) is 25.9. The van der Waals surface area contributed by atoms with Crippen molar-refractivity contribution in [1.82, 2.24) is 9.80 Å². The van der Waals surface area contributed by atoms with Gasteiger partial charge in [-0.15, -0.1) is 0 Å². The van der Waals surface area contributed by atoms with E-state index in [4.69, 9.17) is 4.74 Å². The second-order valence-corrected chi connectivity index (χ2v) is 11.3. The van der Waals surface area contributed by atoms with Crippen LogP contribution in [0.4, 0.5) is 35.5 Å². The van der Waals surface area contributed by atoms with Crippen molar-refractivity contribution in [3.05, 3.63) is 80.1 Å². The van der Waals surface area contributed by atoms with E-state index in [2.05, 4.69) is 4.74 Å². The molecular formula is C30H32F7N3O7. The van der Waals surface area contributed by atoms with Gasteiger partial charge in [-0.2, -0.15) is 26.3 Å². The Labute approximate surface area is 264 Å². The number of piperidine rings is 1. The minimum atomic E-state index is -5.14. The molecule has 0 N–H and O–H groups in total. The minimum Gasteiger partial charge on any atom is -0.469 e. The number of halogens is 7. The molecule has 0 aliphatic carbocycles. The molecule has 1 aliphatic heterocycles. The molecule has 0 radical (unpaired) electrons. The van der Waals surface area contributed by atoms with Crippen LogP contribution >= 0.6 is 0 Å². The predicted molar refractivity (Wildman–Crippen MR) is 150 cm³/mol. The third-order valence-corrected chi connectivity index (χ3v) is 8.62. The first-order valence-electron chi connectivity index (χ1n) is 14.1. The van der Waals surface area contributed by atoms with Crippen LogP contribution in [0.1, 0.15) is 66.1 Å². The number of benzene rings is 2. The van der Waals surface area contributed by atoms with Crippen LogP contribution in [0, 0.1) is 28.8 Å². The Morgan fingerprint density at radius 3 is 2.09 bits per heavy atom. The normalized spacial score (nSPS) is 19.8. The molecule has 1 saturated heterocycles. The summed E-state index contributed by atoms with van der Waals surface area (Å²) in [6, 6.07) is 0.772. The van der Waals surface area contributed by atoms with Gasteiger partial charge in [-0.05, 0) is 60.9 Å². The molecule has 17 heteroatoms. The number of likely N-dealkylation sites (tertiary alicyclic amines) is 1. The van der Waals surface area contributed by atoms with Crippen molar-refractivity contribution in [3.8, 4) is 0 Å². The number of hydrogen-bond donors (Lipinski definition) is 0. The number of nitrogens with zero attached hydrogens (tertiary/aromatic N) is 3. The number of esters is 2. The van der Waals surface area contributed by atoms with Crippen molar-refractivity contribution >= 4 is 18.0 Å². The third-order valence-electron chi connectivity index (χ3n) is 8.62. The van der Waals surface area contributed by atoms with Gasteiger partial charge in [-0.25, -0.2) is 9.18 Å². The van der Waals surface area contributed by atoms with Gasteiger partial charge in [0, 0.05) is 31.4 Å². The van der Waals surface area contributed by atoms with Gasteiger partial charge < -0.3 is 19.3 Å². The summed E-state index contributed by atoms with van der Waals surface area (Å²) >= 11 is 0. The molecule has 2 aromatic carbocycles. The fourth-order valence-electron chi connectivity index (χ4n) is 5.84. The summed E-state index contributed by atoms with van der Waals surface area (Å²) in [5.74, 6) is -4.41. The lowest BCUT2D eigenvalue weighted by Crippen LogP contribution is -2.59.